The van der Waals surface area contributed by atoms with Gasteiger partial charge in [-0.3, -0.25) is 9.36 Å². The van der Waals surface area contributed by atoms with Crippen LogP contribution in [0.4, 0.5) is 5.69 Å². The Labute approximate surface area is 199 Å². The minimum absolute atomic E-state index is 0.158. The summed E-state index contributed by atoms with van der Waals surface area (Å²) in [5.41, 5.74) is 2.65. The summed E-state index contributed by atoms with van der Waals surface area (Å²) in [6.07, 6.45) is 0.612. The third kappa shape index (κ3) is 4.97. The molecule has 0 atom stereocenters. The standard InChI is InChI=1S/C24H19ClN4O3S/c25-17-6-9-19(10-7-17)29-22(12-16-4-2-1-3-5-16)27-28-24(29)33-14-23(30)26-18-8-11-20-21(13-18)32-15-31-20/h1-11,13H,12,14-15H2,(H,26,30). The summed E-state index contributed by atoms with van der Waals surface area (Å²) in [7, 11) is 0. The number of fused-ring (bicyclic) bond motifs is 1. The molecule has 7 nitrogen and oxygen atoms in total. The Hall–Kier alpha value is -3.49. The molecule has 1 aliphatic heterocycles. The van der Waals surface area contributed by atoms with Crippen LogP contribution in [0.25, 0.3) is 5.69 Å². The molecule has 0 fully saturated rings. The van der Waals surface area contributed by atoms with Gasteiger partial charge in [-0.05, 0) is 42.0 Å². The first-order chi connectivity index (χ1) is 16.2. The topological polar surface area (TPSA) is 78.3 Å². The summed E-state index contributed by atoms with van der Waals surface area (Å²) in [6.45, 7) is 0.189. The molecule has 33 heavy (non-hydrogen) atoms. The van der Waals surface area contributed by atoms with Gasteiger partial charge in [-0.25, -0.2) is 0 Å². The molecule has 1 aliphatic rings. The predicted molar refractivity (Wildman–Crippen MR) is 128 cm³/mol. The van der Waals surface area contributed by atoms with E-state index in [0.29, 0.717) is 33.8 Å². The Morgan fingerprint density at radius 2 is 1.79 bits per heavy atom. The summed E-state index contributed by atoms with van der Waals surface area (Å²) in [4.78, 5) is 12.6. The molecule has 0 aliphatic carbocycles. The molecule has 0 unspecified atom stereocenters. The van der Waals surface area contributed by atoms with Crippen LogP contribution in [-0.2, 0) is 11.2 Å². The highest BCUT2D eigenvalue weighted by Gasteiger charge is 2.18. The Morgan fingerprint density at radius 3 is 2.61 bits per heavy atom. The van der Waals surface area contributed by atoms with Crippen molar-refractivity contribution in [2.24, 2.45) is 0 Å². The first-order valence-corrected chi connectivity index (χ1v) is 11.6. The molecule has 4 aromatic rings. The van der Waals surface area contributed by atoms with Crippen molar-refractivity contribution >= 4 is 35.0 Å². The van der Waals surface area contributed by atoms with Gasteiger partial charge in [0.1, 0.15) is 5.82 Å². The number of thioether (sulfide) groups is 1. The zero-order valence-electron chi connectivity index (χ0n) is 17.4. The highest BCUT2D eigenvalue weighted by molar-refractivity contribution is 7.99. The first kappa shape index (κ1) is 21.4. The first-order valence-electron chi connectivity index (χ1n) is 10.2. The van der Waals surface area contributed by atoms with Gasteiger partial charge in [-0.15, -0.1) is 10.2 Å². The Balaban J connectivity index is 1.33. The van der Waals surface area contributed by atoms with E-state index in [1.54, 1.807) is 18.2 Å². The van der Waals surface area contributed by atoms with E-state index in [2.05, 4.69) is 15.5 Å². The van der Waals surface area contributed by atoms with E-state index in [1.807, 2.05) is 59.2 Å². The van der Waals surface area contributed by atoms with Gasteiger partial charge in [0.15, 0.2) is 16.7 Å². The SMILES string of the molecule is O=C(CSc1nnc(Cc2ccccc2)n1-c1ccc(Cl)cc1)Nc1ccc2c(c1)OCO2. The molecular weight excluding hydrogens is 460 g/mol. The normalized spacial score (nSPS) is 12.0. The summed E-state index contributed by atoms with van der Waals surface area (Å²) >= 11 is 7.40. The number of amides is 1. The maximum atomic E-state index is 12.6. The molecule has 3 aromatic carbocycles. The number of ether oxygens (including phenoxy) is 2. The number of nitrogens with zero attached hydrogens (tertiary/aromatic N) is 3. The van der Waals surface area contributed by atoms with Crippen molar-refractivity contribution in [3.63, 3.8) is 0 Å². The second-order valence-electron chi connectivity index (χ2n) is 7.28. The fourth-order valence-corrected chi connectivity index (χ4v) is 4.33. The van der Waals surface area contributed by atoms with Crippen LogP contribution in [-0.4, -0.2) is 33.2 Å². The molecule has 0 radical (unpaired) electrons. The fraction of sp³-hybridized carbons (Fsp3) is 0.125. The lowest BCUT2D eigenvalue weighted by Gasteiger charge is -2.11. The second-order valence-corrected chi connectivity index (χ2v) is 8.66. The number of halogens is 1. The molecule has 1 N–H and O–H groups in total. The third-order valence-corrected chi connectivity index (χ3v) is 6.16. The quantitative estimate of drug-likeness (QED) is 0.378. The molecule has 9 heteroatoms. The van der Waals surface area contributed by atoms with Crippen LogP contribution >= 0.6 is 23.4 Å². The predicted octanol–water partition coefficient (Wildman–Crippen LogP) is 4.97. The third-order valence-electron chi connectivity index (χ3n) is 4.98. The van der Waals surface area contributed by atoms with E-state index in [4.69, 9.17) is 21.1 Å². The van der Waals surface area contributed by atoms with Gasteiger partial charge in [-0.1, -0.05) is 53.7 Å². The Kier molecular flexibility index (Phi) is 6.19. The van der Waals surface area contributed by atoms with Crippen LogP contribution in [0.5, 0.6) is 11.5 Å². The molecular formula is C24H19ClN4O3S. The molecule has 0 spiro atoms. The number of hydrogen-bond donors (Lipinski definition) is 1. The smallest absolute Gasteiger partial charge is 0.234 e. The number of hydrogen-bond acceptors (Lipinski definition) is 6. The van der Waals surface area contributed by atoms with Gasteiger partial charge in [0.2, 0.25) is 12.7 Å². The molecule has 2 heterocycles. The Morgan fingerprint density at radius 1 is 1.00 bits per heavy atom. The lowest BCUT2D eigenvalue weighted by atomic mass is 10.1. The van der Waals surface area contributed by atoms with Gasteiger partial charge in [0.05, 0.1) is 5.75 Å². The summed E-state index contributed by atoms with van der Waals surface area (Å²) < 4.78 is 12.6. The molecule has 1 amide bonds. The minimum Gasteiger partial charge on any atom is -0.454 e. The number of nitrogens with one attached hydrogen (secondary N) is 1. The maximum Gasteiger partial charge on any atom is 0.234 e. The van der Waals surface area contributed by atoms with Crippen molar-refractivity contribution in [2.45, 2.75) is 11.6 Å². The van der Waals surface area contributed by atoms with Gasteiger partial charge in [0, 0.05) is 28.9 Å². The van der Waals surface area contributed by atoms with Gasteiger partial charge in [0.25, 0.3) is 0 Å². The average molecular weight is 479 g/mol. The van der Waals surface area contributed by atoms with Crippen LogP contribution in [0.1, 0.15) is 11.4 Å². The van der Waals surface area contributed by atoms with E-state index >= 15 is 0 Å². The van der Waals surface area contributed by atoms with Crippen molar-refractivity contribution in [2.75, 3.05) is 17.9 Å². The van der Waals surface area contributed by atoms with Crippen LogP contribution in [0, 0.1) is 0 Å². The van der Waals surface area contributed by atoms with Crippen LogP contribution in [0.3, 0.4) is 0 Å². The van der Waals surface area contributed by atoms with Gasteiger partial charge >= 0.3 is 0 Å². The molecule has 166 valence electrons. The molecule has 0 saturated carbocycles. The largest absolute Gasteiger partial charge is 0.454 e. The number of anilines is 1. The van der Waals surface area contributed by atoms with E-state index in [1.165, 1.54) is 11.8 Å². The van der Waals surface area contributed by atoms with Crippen LogP contribution in [0.15, 0.2) is 78.0 Å². The van der Waals surface area contributed by atoms with Crippen molar-refractivity contribution in [3.05, 3.63) is 89.2 Å². The monoisotopic (exact) mass is 478 g/mol. The number of carbonyl (C=O) groups excluding carboxylic acids is 1. The van der Waals surface area contributed by atoms with Crippen LogP contribution in [0.2, 0.25) is 5.02 Å². The number of aromatic nitrogens is 3. The van der Waals surface area contributed by atoms with E-state index < -0.39 is 0 Å². The highest BCUT2D eigenvalue weighted by atomic mass is 35.5. The van der Waals surface area contributed by atoms with E-state index in [0.717, 1.165) is 17.1 Å². The lowest BCUT2D eigenvalue weighted by molar-refractivity contribution is -0.113. The van der Waals surface area contributed by atoms with E-state index in [9.17, 15) is 4.79 Å². The molecule has 5 rings (SSSR count). The molecule has 0 saturated heterocycles. The number of rotatable bonds is 7. The minimum atomic E-state index is -0.158. The van der Waals surface area contributed by atoms with Gasteiger partial charge in [-0.2, -0.15) is 0 Å². The Bertz CT molecular complexity index is 1280. The highest BCUT2D eigenvalue weighted by Crippen LogP contribution is 2.34. The van der Waals surface area contributed by atoms with E-state index in [-0.39, 0.29) is 18.5 Å². The van der Waals surface area contributed by atoms with Crippen molar-refractivity contribution in [3.8, 4) is 17.2 Å². The van der Waals surface area contributed by atoms with Crippen molar-refractivity contribution in [1.82, 2.24) is 14.8 Å². The fourth-order valence-electron chi connectivity index (χ4n) is 3.44. The number of carbonyl (C=O) groups is 1. The second kappa shape index (κ2) is 9.56. The average Bonchev–Trinajstić information content (AvgIpc) is 3.45. The lowest BCUT2D eigenvalue weighted by Crippen LogP contribution is -2.14. The van der Waals surface area contributed by atoms with Crippen molar-refractivity contribution in [1.29, 1.82) is 0 Å². The zero-order chi connectivity index (χ0) is 22.6. The summed E-state index contributed by atoms with van der Waals surface area (Å²) in [5.74, 6) is 2.08. The van der Waals surface area contributed by atoms with Gasteiger partial charge < -0.3 is 14.8 Å². The van der Waals surface area contributed by atoms with Crippen LogP contribution < -0.4 is 14.8 Å². The van der Waals surface area contributed by atoms with Crippen molar-refractivity contribution < 1.29 is 14.3 Å². The summed E-state index contributed by atoms with van der Waals surface area (Å²) in [6, 6.07) is 22.8. The molecule has 1 aromatic heterocycles. The maximum absolute atomic E-state index is 12.6. The zero-order valence-corrected chi connectivity index (χ0v) is 19.0. The summed E-state index contributed by atoms with van der Waals surface area (Å²) in [5, 5.41) is 12.9. The molecule has 0 bridgehead atoms. The number of benzene rings is 3.